The number of carbonyl (C=O) groups excluding carboxylic acids is 2. The molecule has 0 aliphatic carbocycles. The number of nitrogens with zero attached hydrogens (tertiary/aromatic N) is 1. The number of rotatable bonds is 7. The molecule has 0 aliphatic rings. The normalized spacial score (nSPS) is 13.3. The van der Waals surface area contributed by atoms with Crippen LogP contribution in [0.5, 0.6) is 0 Å². The summed E-state index contributed by atoms with van der Waals surface area (Å²) >= 11 is 0. The first kappa shape index (κ1) is 17.2. The van der Waals surface area contributed by atoms with E-state index in [2.05, 4.69) is 5.32 Å². The molecule has 0 aliphatic heterocycles. The molecule has 0 saturated heterocycles. The van der Waals surface area contributed by atoms with E-state index in [0.717, 1.165) is 5.56 Å². The maximum atomic E-state index is 12.1. The second kappa shape index (κ2) is 8.42. The van der Waals surface area contributed by atoms with E-state index in [4.69, 9.17) is 5.73 Å². The van der Waals surface area contributed by atoms with Gasteiger partial charge in [0.15, 0.2) is 0 Å². The van der Waals surface area contributed by atoms with Crippen molar-refractivity contribution in [1.82, 2.24) is 10.2 Å². The molecule has 3 N–H and O–H groups in total. The molecule has 1 unspecified atom stereocenters. The van der Waals surface area contributed by atoms with E-state index in [1.165, 1.54) is 0 Å². The van der Waals surface area contributed by atoms with Crippen LogP contribution in [0, 0.1) is 0 Å². The summed E-state index contributed by atoms with van der Waals surface area (Å²) in [5.74, 6) is -0.382. The van der Waals surface area contributed by atoms with E-state index in [1.807, 2.05) is 44.2 Å². The van der Waals surface area contributed by atoms with Crippen LogP contribution in [0.2, 0.25) is 0 Å². The molecule has 0 fully saturated rings. The Kier molecular flexibility index (Phi) is 6.88. The lowest BCUT2D eigenvalue weighted by atomic mass is 10.1. The van der Waals surface area contributed by atoms with Gasteiger partial charge in [0, 0.05) is 13.1 Å². The molecular formula is C16H25N3O2. The topological polar surface area (TPSA) is 75.4 Å². The van der Waals surface area contributed by atoms with Crippen molar-refractivity contribution < 1.29 is 9.59 Å². The summed E-state index contributed by atoms with van der Waals surface area (Å²) in [5, 5.41) is 2.69. The Bertz CT molecular complexity index is 458. The summed E-state index contributed by atoms with van der Waals surface area (Å²) in [6.45, 7) is 6.78. The van der Waals surface area contributed by atoms with E-state index in [-0.39, 0.29) is 11.8 Å². The van der Waals surface area contributed by atoms with Crippen LogP contribution in [-0.2, 0) is 16.0 Å². The molecule has 21 heavy (non-hydrogen) atoms. The molecule has 116 valence electrons. The molecule has 0 bridgehead atoms. The van der Waals surface area contributed by atoms with Crippen LogP contribution in [0.15, 0.2) is 30.3 Å². The number of nitrogens with two attached hydrogens (primary N) is 1. The monoisotopic (exact) mass is 291 g/mol. The third-order valence-corrected chi connectivity index (χ3v) is 3.44. The van der Waals surface area contributed by atoms with Crippen LogP contribution >= 0.6 is 0 Å². The number of benzene rings is 1. The summed E-state index contributed by atoms with van der Waals surface area (Å²) in [4.78, 5) is 25.8. The number of hydrogen-bond acceptors (Lipinski definition) is 3. The largest absolute Gasteiger partial charge is 0.343 e. The van der Waals surface area contributed by atoms with Crippen LogP contribution in [0.4, 0.5) is 0 Å². The first-order valence-corrected chi connectivity index (χ1v) is 7.38. The minimum Gasteiger partial charge on any atom is -0.343 e. The van der Waals surface area contributed by atoms with Gasteiger partial charge in [-0.2, -0.15) is 0 Å². The summed E-state index contributed by atoms with van der Waals surface area (Å²) in [7, 11) is 0. The molecule has 1 rings (SSSR count). The standard InChI is InChI=1S/C16H25N3O2/c1-4-19(5-2)16(21)12(3)18-15(20)14(17)11-13-9-7-6-8-10-13/h6-10,12,14H,4-5,11,17H2,1-3H3,(H,18,20)/t12?,14-/m1/s1. The van der Waals surface area contributed by atoms with Crippen molar-refractivity contribution in [2.45, 2.75) is 39.3 Å². The van der Waals surface area contributed by atoms with Crippen LogP contribution in [0.1, 0.15) is 26.3 Å². The molecule has 0 spiro atoms. The summed E-state index contributed by atoms with van der Waals surface area (Å²) in [6, 6.07) is 8.38. The SMILES string of the molecule is CCN(CC)C(=O)C(C)NC(=O)[C@H](N)Cc1ccccc1. The third-order valence-electron chi connectivity index (χ3n) is 3.44. The van der Waals surface area contributed by atoms with Gasteiger partial charge >= 0.3 is 0 Å². The molecule has 0 heterocycles. The Hall–Kier alpha value is -1.88. The van der Waals surface area contributed by atoms with Crippen LogP contribution in [0.3, 0.4) is 0 Å². The minimum absolute atomic E-state index is 0.0831. The highest BCUT2D eigenvalue weighted by atomic mass is 16.2. The number of carbonyl (C=O) groups is 2. The highest BCUT2D eigenvalue weighted by molar-refractivity contribution is 5.89. The van der Waals surface area contributed by atoms with Crippen LogP contribution in [0.25, 0.3) is 0 Å². The molecule has 2 amide bonds. The summed E-state index contributed by atoms with van der Waals surface area (Å²) in [6.07, 6.45) is 0.457. The first-order chi connectivity index (χ1) is 9.99. The molecule has 0 aromatic heterocycles. The molecule has 5 nitrogen and oxygen atoms in total. The van der Waals surface area contributed by atoms with Gasteiger partial charge in [0.25, 0.3) is 0 Å². The smallest absolute Gasteiger partial charge is 0.244 e. The average molecular weight is 291 g/mol. The maximum absolute atomic E-state index is 12.1. The van der Waals surface area contributed by atoms with Crippen molar-refractivity contribution in [2.75, 3.05) is 13.1 Å². The average Bonchev–Trinajstić information content (AvgIpc) is 2.49. The van der Waals surface area contributed by atoms with Crippen LogP contribution < -0.4 is 11.1 Å². The fourth-order valence-corrected chi connectivity index (χ4v) is 2.15. The lowest BCUT2D eigenvalue weighted by Gasteiger charge is -2.24. The molecule has 1 aromatic rings. The number of amides is 2. The Balaban J connectivity index is 2.53. The molecule has 0 radical (unpaired) electrons. The molecule has 2 atom stereocenters. The molecule has 5 heteroatoms. The van der Waals surface area contributed by atoms with Crippen molar-refractivity contribution in [1.29, 1.82) is 0 Å². The Morgan fingerprint density at radius 2 is 1.76 bits per heavy atom. The second-order valence-electron chi connectivity index (χ2n) is 5.04. The van der Waals surface area contributed by atoms with E-state index in [9.17, 15) is 9.59 Å². The Morgan fingerprint density at radius 3 is 2.29 bits per heavy atom. The molecule has 0 saturated carbocycles. The highest BCUT2D eigenvalue weighted by Crippen LogP contribution is 2.02. The summed E-state index contributed by atoms with van der Waals surface area (Å²) in [5.41, 5.74) is 6.90. The minimum atomic E-state index is -0.653. The van der Waals surface area contributed by atoms with E-state index in [0.29, 0.717) is 19.5 Å². The van der Waals surface area contributed by atoms with Gasteiger partial charge in [-0.15, -0.1) is 0 Å². The zero-order chi connectivity index (χ0) is 15.8. The van der Waals surface area contributed by atoms with Gasteiger partial charge in [0.1, 0.15) is 6.04 Å². The summed E-state index contributed by atoms with van der Waals surface area (Å²) < 4.78 is 0. The predicted octanol–water partition coefficient (Wildman–Crippen LogP) is 0.930. The van der Waals surface area contributed by atoms with E-state index >= 15 is 0 Å². The van der Waals surface area contributed by atoms with E-state index in [1.54, 1.807) is 11.8 Å². The number of likely N-dealkylation sites (N-methyl/N-ethyl adjacent to an activating group) is 1. The van der Waals surface area contributed by atoms with E-state index < -0.39 is 12.1 Å². The maximum Gasteiger partial charge on any atom is 0.244 e. The van der Waals surface area contributed by atoms with Crippen molar-refractivity contribution in [3.63, 3.8) is 0 Å². The van der Waals surface area contributed by atoms with Crippen molar-refractivity contribution in [3.8, 4) is 0 Å². The lowest BCUT2D eigenvalue weighted by Crippen LogP contribution is -2.51. The van der Waals surface area contributed by atoms with Gasteiger partial charge < -0.3 is 16.0 Å². The fourth-order valence-electron chi connectivity index (χ4n) is 2.15. The van der Waals surface area contributed by atoms with Crippen LogP contribution in [-0.4, -0.2) is 41.9 Å². The highest BCUT2D eigenvalue weighted by Gasteiger charge is 2.22. The van der Waals surface area contributed by atoms with Crippen molar-refractivity contribution in [3.05, 3.63) is 35.9 Å². The number of hydrogen-bond donors (Lipinski definition) is 2. The van der Waals surface area contributed by atoms with Gasteiger partial charge in [0.05, 0.1) is 6.04 Å². The van der Waals surface area contributed by atoms with Gasteiger partial charge in [-0.25, -0.2) is 0 Å². The first-order valence-electron chi connectivity index (χ1n) is 7.38. The van der Waals surface area contributed by atoms with Gasteiger partial charge in [-0.05, 0) is 32.8 Å². The zero-order valence-electron chi connectivity index (χ0n) is 13.0. The van der Waals surface area contributed by atoms with Gasteiger partial charge in [0.2, 0.25) is 11.8 Å². The Labute approximate surface area is 126 Å². The van der Waals surface area contributed by atoms with Crippen molar-refractivity contribution >= 4 is 11.8 Å². The second-order valence-corrected chi connectivity index (χ2v) is 5.04. The van der Waals surface area contributed by atoms with Crippen molar-refractivity contribution in [2.24, 2.45) is 5.73 Å². The number of nitrogens with one attached hydrogen (secondary N) is 1. The Morgan fingerprint density at radius 1 is 1.19 bits per heavy atom. The zero-order valence-corrected chi connectivity index (χ0v) is 13.0. The third kappa shape index (κ3) is 5.19. The molecular weight excluding hydrogens is 266 g/mol. The predicted molar refractivity (Wildman–Crippen MR) is 83.7 cm³/mol. The fraction of sp³-hybridized carbons (Fsp3) is 0.500. The van der Waals surface area contributed by atoms with Gasteiger partial charge in [-0.1, -0.05) is 30.3 Å². The molecule has 1 aromatic carbocycles. The lowest BCUT2D eigenvalue weighted by molar-refractivity contribution is -0.135. The quantitative estimate of drug-likeness (QED) is 0.784. The van der Waals surface area contributed by atoms with Gasteiger partial charge in [-0.3, -0.25) is 9.59 Å².